The molecule has 2 aromatic rings. The third kappa shape index (κ3) is 3.97. The Morgan fingerprint density at radius 1 is 1.28 bits per heavy atom. The maximum absolute atomic E-state index is 12.6. The summed E-state index contributed by atoms with van der Waals surface area (Å²) in [7, 11) is 0. The smallest absolute Gasteiger partial charge is 0.229 e. The van der Waals surface area contributed by atoms with E-state index in [-0.39, 0.29) is 29.1 Å². The summed E-state index contributed by atoms with van der Waals surface area (Å²) < 4.78 is 5.73. The molecule has 1 unspecified atom stereocenters. The standard InChI is InChI=1S/C23H28N4O2/c1-14(2)29-16-5-6-19(24)17(12-16)21(25)15-7-10-26-20(11-15)27-22(28)18-13-23(18)8-3-4-9-23/h5-7,10-12,14,18,25H,3-4,8-9,13,24H2,1-2H3,(H,26,27,28). The van der Waals surface area contributed by atoms with Crippen LogP contribution in [0.5, 0.6) is 5.75 Å². The van der Waals surface area contributed by atoms with Crippen LogP contribution in [0.2, 0.25) is 0 Å². The van der Waals surface area contributed by atoms with Crippen molar-refractivity contribution in [1.82, 2.24) is 4.98 Å². The lowest BCUT2D eigenvalue weighted by atomic mass is 10.0. The average Bonchev–Trinajstić information content (AvgIpc) is 3.19. The first-order valence-electron chi connectivity index (χ1n) is 10.3. The highest BCUT2D eigenvalue weighted by atomic mass is 16.5. The van der Waals surface area contributed by atoms with Crippen molar-refractivity contribution in [2.75, 3.05) is 11.1 Å². The second-order valence-corrected chi connectivity index (χ2v) is 8.54. The van der Waals surface area contributed by atoms with E-state index in [1.807, 2.05) is 13.8 Å². The molecule has 1 spiro atoms. The Bertz CT molecular complexity index is 948. The number of aromatic nitrogens is 1. The maximum Gasteiger partial charge on any atom is 0.229 e. The fourth-order valence-corrected chi connectivity index (χ4v) is 4.47. The third-order valence-electron chi connectivity index (χ3n) is 6.07. The van der Waals surface area contributed by atoms with Gasteiger partial charge in [-0.15, -0.1) is 0 Å². The minimum atomic E-state index is 0.0361. The molecule has 1 aromatic heterocycles. The molecule has 0 radical (unpaired) electrons. The highest BCUT2D eigenvalue weighted by molar-refractivity contribution is 6.14. The number of benzene rings is 1. The van der Waals surface area contributed by atoms with E-state index >= 15 is 0 Å². The van der Waals surface area contributed by atoms with Gasteiger partial charge in [0.1, 0.15) is 11.6 Å². The Kier molecular flexibility index (Phi) is 5.03. The Balaban J connectivity index is 1.50. The minimum absolute atomic E-state index is 0.0361. The zero-order chi connectivity index (χ0) is 20.6. The number of nitrogens with zero attached hydrogens (tertiary/aromatic N) is 1. The number of pyridine rings is 1. The lowest BCUT2D eigenvalue weighted by Crippen LogP contribution is -2.18. The van der Waals surface area contributed by atoms with Gasteiger partial charge < -0.3 is 15.8 Å². The summed E-state index contributed by atoms with van der Waals surface area (Å²) in [6.45, 7) is 3.91. The number of hydrogen-bond acceptors (Lipinski definition) is 5. The quantitative estimate of drug-likeness (QED) is 0.501. The predicted octanol–water partition coefficient (Wildman–Crippen LogP) is 4.39. The van der Waals surface area contributed by atoms with Crippen LogP contribution >= 0.6 is 0 Å². The van der Waals surface area contributed by atoms with E-state index < -0.39 is 0 Å². The van der Waals surface area contributed by atoms with Gasteiger partial charge in [0.2, 0.25) is 5.91 Å². The third-order valence-corrected chi connectivity index (χ3v) is 6.07. The Morgan fingerprint density at radius 2 is 2.03 bits per heavy atom. The molecule has 6 heteroatoms. The van der Waals surface area contributed by atoms with E-state index in [4.69, 9.17) is 15.9 Å². The number of rotatable bonds is 6. The van der Waals surface area contributed by atoms with Crippen LogP contribution in [0.25, 0.3) is 0 Å². The van der Waals surface area contributed by atoms with Crippen molar-refractivity contribution < 1.29 is 9.53 Å². The zero-order valence-electron chi connectivity index (χ0n) is 17.0. The van der Waals surface area contributed by atoms with Crippen molar-refractivity contribution in [3.63, 3.8) is 0 Å². The molecular formula is C23H28N4O2. The molecule has 4 rings (SSSR count). The fourth-order valence-electron chi connectivity index (χ4n) is 4.47. The fraction of sp³-hybridized carbons (Fsp3) is 0.435. The van der Waals surface area contributed by atoms with Crippen LogP contribution in [-0.2, 0) is 4.79 Å². The summed E-state index contributed by atoms with van der Waals surface area (Å²) in [4.78, 5) is 16.9. The molecule has 4 N–H and O–H groups in total. The van der Waals surface area contributed by atoms with Crippen molar-refractivity contribution in [2.24, 2.45) is 11.3 Å². The molecular weight excluding hydrogens is 364 g/mol. The van der Waals surface area contributed by atoms with Gasteiger partial charge in [-0.3, -0.25) is 10.2 Å². The summed E-state index contributed by atoms with van der Waals surface area (Å²) in [5.74, 6) is 1.31. The molecule has 1 amide bonds. The number of carbonyl (C=O) groups excluding carboxylic acids is 1. The van der Waals surface area contributed by atoms with Gasteiger partial charge in [-0.25, -0.2) is 4.98 Å². The Morgan fingerprint density at radius 3 is 2.76 bits per heavy atom. The van der Waals surface area contributed by atoms with E-state index in [9.17, 15) is 4.79 Å². The van der Waals surface area contributed by atoms with E-state index in [1.165, 1.54) is 12.8 Å². The molecule has 2 aliphatic carbocycles. The van der Waals surface area contributed by atoms with E-state index in [2.05, 4.69) is 10.3 Å². The SMILES string of the molecule is CC(C)Oc1ccc(N)c(C(=N)c2ccnc(NC(=O)C3CC34CCCC4)c2)c1. The second-order valence-electron chi connectivity index (χ2n) is 8.54. The molecule has 2 aliphatic rings. The van der Waals surface area contributed by atoms with Crippen molar-refractivity contribution in [2.45, 2.75) is 52.1 Å². The van der Waals surface area contributed by atoms with Gasteiger partial charge in [0.25, 0.3) is 0 Å². The van der Waals surface area contributed by atoms with Crippen molar-refractivity contribution in [3.05, 3.63) is 47.7 Å². The molecule has 0 bridgehead atoms. The minimum Gasteiger partial charge on any atom is -0.491 e. The van der Waals surface area contributed by atoms with Crippen LogP contribution in [0.15, 0.2) is 36.5 Å². The molecule has 2 saturated carbocycles. The molecule has 0 aliphatic heterocycles. The first kappa shape index (κ1) is 19.4. The van der Waals surface area contributed by atoms with Gasteiger partial charge in [0, 0.05) is 28.9 Å². The summed E-state index contributed by atoms with van der Waals surface area (Å²) in [6, 6.07) is 8.82. The largest absolute Gasteiger partial charge is 0.491 e. The molecule has 1 atom stereocenters. The lowest BCUT2D eigenvalue weighted by molar-refractivity contribution is -0.118. The van der Waals surface area contributed by atoms with Gasteiger partial charge in [-0.1, -0.05) is 12.8 Å². The summed E-state index contributed by atoms with van der Waals surface area (Å²) in [5, 5.41) is 11.6. The monoisotopic (exact) mass is 392 g/mol. The van der Waals surface area contributed by atoms with Gasteiger partial charge in [0.15, 0.2) is 0 Å². The first-order chi connectivity index (χ1) is 13.9. The lowest BCUT2D eigenvalue weighted by Gasteiger charge is -2.14. The summed E-state index contributed by atoms with van der Waals surface area (Å²) in [6.07, 6.45) is 7.43. The molecule has 1 aromatic carbocycles. The average molecular weight is 393 g/mol. The van der Waals surface area contributed by atoms with Crippen LogP contribution in [-0.4, -0.2) is 22.7 Å². The van der Waals surface area contributed by atoms with Crippen LogP contribution in [0.1, 0.15) is 57.1 Å². The highest BCUT2D eigenvalue weighted by Crippen LogP contribution is 2.63. The molecule has 2 fully saturated rings. The molecule has 152 valence electrons. The normalized spacial score (nSPS) is 19.3. The summed E-state index contributed by atoms with van der Waals surface area (Å²) in [5.41, 5.74) is 8.38. The number of ether oxygens (including phenoxy) is 1. The Labute approximate surface area is 171 Å². The number of nitrogens with two attached hydrogens (primary N) is 1. The van der Waals surface area contributed by atoms with Crippen LogP contribution < -0.4 is 15.8 Å². The highest BCUT2D eigenvalue weighted by Gasteiger charge is 2.58. The number of nitrogens with one attached hydrogen (secondary N) is 2. The zero-order valence-corrected chi connectivity index (χ0v) is 17.0. The van der Waals surface area contributed by atoms with Crippen molar-refractivity contribution in [1.29, 1.82) is 5.41 Å². The molecule has 0 saturated heterocycles. The number of hydrogen-bond donors (Lipinski definition) is 3. The van der Waals surface area contributed by atoms with E-state index in [0.717, 1.165) is 19.3 Å². The first-order valence-corrected chi connectivity index (χ1v) is 10.3. The second kappa shape index (κ2) is 7.50. The number of carbonyl (C=O) groups is 1. The predicted molar refractivity (Wildman–Crippen MR) is 114 cm³/mol. The topological polar surface area (TPSA) is 101 Å². The number of amides is 1. The van der Waals surface area contributed by atoms with Gasteiger partial charge in [0.05, 0.1) is 11.8 Å². The van der Waals surface area contributed by atoms with Crippen LogP contribution in [0.4, 0.5) is 11.5 Å². The molecule has 6 nitrogen and oxygen atoms in total. The van der Waals surface area contributed by atoms with Crippen molar-refractivity contribution in [3.8, 4) is 5.75 Å². The van der Waals surface area contributed by atoms with Gasteiger partial charge in [-0.2, -0.15) is 0 Å². The summed E-state index contributed by atoms with van der Waals surface area (Å²) >= 11 is 0. The molecule has 29 heavy (non-hydrogen) atoms. The molecule has 1 heterocycles. The maximum atomic E-state index is 12.6. The van der Waals surface area contributed by atoms with E-state index in [1.54, 1.807) is 36.5 Å². The van der Waals surface area contributed by atoms with Gasteiger partial charge >= 0.3 is 0 Å². The number of anilines is 2. The van der Waals surface area contributed by atoms with Crippen molar-refractivity contribution >= 4 is 23.1 Å². The Hall–Kier alpha value is -2.89. The number of nitrogen functional groups attached to an aromatic ring is 1. The van der Waals surface area contributed by atoms with Gasteiger partial charge in [-0.05, 0) is 68.9 Å². The van der Waals surface area contributed by atoms with E-state index in [0.29, 0.717) is 28.4 Å². The van der Waals surface area contributed by atoms with Crippen LogP contribution in [0, 0.1) is 16.7 Å². The van der Waals surface area contributed by atoms with Crippen LogP contribution in [0.3, 0.4) is 0 Å².